The monoisotopic (exact) mass is 300 g/mol. The van der Waals surface area contributed by atoms with Gasteiger partial charge in [-0.3, -0.25) is 4.79 Å². The fourth-order valence-electron chi connectivity index (χ4n) is 2.77. The summed E-state index contributed by atoms with van der Waals surface area (Å²) in [5, 5.41) is 0.124. The third-order valence-corrected chi connectivity index (χ3v) is 3.97. The highest BCUT2D eigenvalue weighted by molar-refractivity contribution is 7.81. The number of nitrogens with zero attached hydrogens (tertiary/aromatic N) is 2. The molecule has 2 atom stereocenters. The lowest BCUT2D eigenvalue weighted by molar-refractivity contribution is -0.130. The Morgan fingerprint density at radius 2 is 2.05 bits per heavy atom. The smallest absolute Gasteiger partial charge is 0.410 e. The zero-order valence-corrected chi connectivity index (χ0v) is 13.4. The molecule has 0 N–H and O–H groups in total. The van der Waals surface area contributed by atoms with Gasteiger partial charge < -0.3 is 14.5 Å². The molecule has 2 aliphatic heterocycles. The quantitative estimate of drug-likeness (QED) is 0.753. The van der Waals surface area contributed by atoms with Gasteiger partial charge in [0.25, 0.3) is 0 Å². The van der Waals surface area contributed by atoms with Gasteiger partial charge in [-0.05, 0) is 33.6 Å². The van der Waals surface area contributed by atoms with Crippen molar-refractivity contribution in [2.75, 3.05) is 19.6 Å². The summed E-state index contributed by atoms with van der Waals surface area (Å²) < 4.78 is 5.40. The maximum atomic E-state index is 12.1. The fourth-order valence-corrected chi connectivity index (χ4v) is 3.10. The average Bonchev–Trinajstić information content (AvgIpc) is 2.66. The molecule has 0 saturated carbocycles. The highest BCUT2D eigenvalue weighted by atomic mass is 32.1. The number of ether oxygens (including phenoxy) is 1. The number of hydrogen-bond donors (Lipinski definition) is 1. The van der Waals surface area contributed by atoms with Gasteiger partial charge in [0.05, 0.1) is 0 Å². The molecule has 6 heteroatoms. The van der Waals surface area contributed by atoms with Gasteiger partial charge >= 0.3 is 6.09 Å². The van der Waals surface area contributed by atoms with Gasteiger partial charge in [0, 0.05) is 37.3 Å². The Morgan fingerprint density at radius 3 is 2.60 bits per heavy atom. The molecule has 114 valence electrons. The number of piperidine rings is 1. The molecule has 20 heavy (non-hydrogen) atoms. The van der Waals surface area contributed by atoms with Gasteiger partial charge in [0.1, 0.15) is 5.60 Å². The number of thiol groups is 1. The summed E-state index contributed by atoms with van der Waals surface area (Å²) in [6.07, 6.45) is 2.08. The average molecular weight is 300 g/mol. The van der Waals surface area contributed by atoms with Crippen LogP contribution in [0.1, 0.15) is 40.0 Å². The van der Waals surface area contributed by atoms with Crippen LogP contribution in [0.4, 0.5) is 4.79 Å². The third kappa shape index (κ3) is 3.81. The predicted octanol–water partition coefficient (Wildman–Crippen LogP) is 1.92. The number of carbonyl (C=O) groups excluding carboxylic acids is 2. The number of hydrogen-bond acceptors (Lipinski definition) is 4. The van der Waals surface area contributed by atoms with Gasteiger partial charge in [0.2, 0.25) is 5.91 Å². The molecule has 0 radical (unpaired) electrons. The normalized spacial score (nSPS) is 27.9. The molecule has 0 bridgehead atoms. The van der Waals surface area contributed by atoms with E-state index in [9.17, 15) is 9.59 Å². The molecule has 0 aromatic heterocycles. The van der Waals surface area contributed by atoms with E-state index in [1.54, 1.807) is 4.90 Å². The van der Waals surface area contributed by atoms with Crippen molar-refractivity contribution in [1.82, 2.24) is 9.80 Å². The summed E-state index contributed by atoms with van der Waals surface area (Å²) in [6, 6.07) is 0.112. The maximum Gasteiger partial charge on any atom is 0.410 e. The SMILES string of the molecule is CC(C)(C)OC(=O)N1CCC[C@@H](N2CC(S)CC2=O)C1. The third-order valence-electron chi connectivity index (χ3n) is 3.63. The van der Waals surface area contributed by atoms with Crippen LogP contribution in [0, 0.1) is 0 Å². The first-order valence-electron chi connectivity index (χ1n) is 7.22. The van der Waals surface area contributed by atoms with Gasteiger partial charge in [-0.15, -0.1) is 0 Å². The summed E-state index contributed by atoms with van der Waals surface area (Å²) in [4.78, 5) is 27.6. The first-order chi connectivity index (χ1) is 9.26. The summed E-state index contributed by atoms with van der Waals surface area (Å²) in [7, 11) is 0. The minimum atomic E-state index is -0.482. The summed E-state index contributed by atoms with van der Waals surface area (Å²) in [5.41, 5.74) is -0.482. The summed E-state index contributed by atoms with van der Waals surface area (Å²) in [6.45, 7) is 7.55. The van der Waals surface area contributed by atoms with Crippen molar-refractivity contribution in [3.63, 3.8) is 0 Å². The van der Waals surface area contributed by atoms with Crippen molar-refractivity contribution < 1.29 is 14.3 Å². The van der Waals surface area contributed by atoms with Crippen molar-refractivity contribution >= 4 is 24.6 Å². The van der Waals surface area contributed by atoms with Crippen LogP contribution in [-0.4, -0.2) is 58.3 Å². The minimum Gasteiger partial charge on any atom is -0.444 e. The van der Waals surface area contributed by atoms with Crippen molar-refractivity contribution in [2.24, 2.45) is 0 Å². The molecule has 2 fully saturated rings. The predicted molar refractivity (Wildman–Crippen MR) is 79.9 cm³/mol. The van der Waals surface area contributed by atoms with Crippen LogP contribution in [0.2, 0.25) is 0 Å². The lowest BCUT2D eigenvalue weighted by Crippen LogP contribution is -2.51. The van der Waals surface area contributed by atoms with Gasteiger partial charge in [0.15, 0.2) is 0 Å². The van der Waals surface area contributed by atoms with E-state index in [0.717, 1.165) is 12.8 Å². The second kappa shape index (κ2) is 5.84. The van der Waals surface area contributed by atoms with Crippen LogP contribution in [-0.2, 0) is 9.53 Å². The Balaban J connectivity index is 1.95. The lowest BCUT2D eigenvalue weighted by Gasteiger charge is -2.38. The Bertz CT molecular complexity index is 394. The topological polar surface area (TPSA) is 49.9 Å². The molecule has 2 saturated heterocycles. The fraction of sp³-hybridized carbons (Fsp3) is 0.857. The molecule has 2 rings (SSSR count). The molecule has 0 spiro atoms. The van der Waals surface area contributed by atoms with Crippen molar-refractivity contribution in [2.45, 2.75) is 56.9 Å². The van der Waals surface area contributed by atoms with E-state index in [4.69, 9.17) is 4.74 Å². The Kier molecular flexibility index (Phi) is 4.52. The second-order valence-electron chi connectivity index (χ2n) is 6.63. The van der Waals surface area contributed by atoms with E-state index in [2.05, 4.69) is 12.6 Å². The molecule has 1 unspecified atom stereocenters. The van der Waals surface area contributed by atoms with Gasteiger partial charge in [-0.1, -0.05) is 0 Å². The Labute approximate surface area is 126 Å². The molecule has 0 aromatic carbocycles. The highest BCUT2D eigenvalue weighted by Gasteiger charge is 2.36. The van der Waals surface area contributed by atoms with Crippen molar-refractivity contribution in [3.8, 4) is 0 Å². The van der Waals surface area contributed by atoms with Crippen LogP contribution in [0.25, 0.3) is 0 Å². The van der Waals surface area contributed by atoms with E-state index < -0.39 is 5.60 Å². The summed E-state index contributed by atoms with van der Waals surface area (Å²) >= 11 is 4.38. The number of carbonyl (C=O) groups is 2. The first kappa shape index (κ1) is 15.5. The van der Waals surface area contributed by atoms with Gasteiger partial charge in [-0.25, -0.2) is 4.79 Å². The van der Waals surface area contributed by atoms with Crippen LogP contribution in [0.3, 0.4) is 0 Å². The van der Waals surface area contributed by atoms with Crippen LogP contribution >= 0.6 is 12.6 Å². The van der Waals surface area contributed by atoms with Crippen LogP contribution in [0.15, 0.2) is 0 Å². The van der Waals surface area contributed by atoms with Crippen molar-refractivity contribution in [3.05, 3.63) is 0 Å². The zero-order valence-electron chi connectivity index (χ0n) is 12.5. The highest BCUT2D eigenvalue weighted by Crippen LogP contribution is 2.24. The maximum absolute atomic E-state index is 12.1. The lowest BCUT2D eigenvalue weighted by atomic mass is 10.0. The Morgan fingerprint density at radius 1 is 1.35 bits per heavy atom. The number of rotatable bonds is 1. The van der Waals surface area contributed by atoms with E-state index in [0.29, 0.717) is 26.1 Å². The van der Waals surface area contributed by atoms with E-state index >= 15 is 0 Å². The molecular formula is C14H24N2O3S. The molecule has 5 nitrogen and oxygen atoms in total. The second-order valence-corrected chi connectivity index (χ2v) is 7.36. The van der Waals surface area contributed by atoms with E-state index in [-0.39, 0.29) is 23.3 Å². The molecule has 2 aliphatic rings. The zero-order chi connectivity index (χ0) is 14.9. The molecular weight excluding hydrogens is 276 g/mol. The summed E-state index contributed by atoms with van der Waals surface area (Å²) in [5.74, 6) is 0.154. The standard InChI is InChI=1S/C14H24N2O3S/c1-14(2,3)19-13(18)15-6-4-5-10(8-15)16-9-11(20)7-12(16)17/h10-11,20H,4-9H2,1-3H3/t10-,11?/m1/s1. The largest absolute Gasteiger partial charge is 0.444 e. The number of likely N-dealkylation sites (tertiary alicyclic amines) is 2. The van der Waals surface area contributed by atoms with Crippen LogP contribution < -0.4 is 0 Å². The Hall–Kier alpha value is -0.910. The van der Waals surface area contributed by atoms with Gasteiger partial charge in [-0.2, -0.15) is 12.6 Å². The van der Waals surface area contributed by atoms with E-state index in [1.807, 2.05) is 25.7 Å². The molecule has 0 aliphatic carbocycles. The molecule has 2 heterocycles. The van der Waals surface area contributed by atoms with E-state index in [1.165, 1.54) is 0 Å². The molecule has 0 aromatic rings. The minimum absolute atomic E-state index is 0.112. The van der Waals surface area contributed by atoms with Crippen LogP contribution in [0.5, 0.6) is 0 Å². The number of amides is 2. The first-order valence-corrected chi connectivity index (χ1v) is 7.73. The molecule has 2 amide bonds. The van der Waals surface area contributed by atoms with Crippen molar-refractivity contribution in [1.29, 1.82) is 0 Å².